The summed E-state index contributed by atoms with van der Waals surface area (Å²) in [6.07, 6.45) is 0. The largest absolute Gasteiger partial charge is 0.246 e. The summed E-state index contributed by atoms with van der Waals surface area (Å²) in [6.45, 7) is 4.17. The summed E-state index contributed by atoms with van der Waals surface area (Å²) < 4.78 is 0.793. The maximum absolute atomic E-state index is 4.68. The van der Waals surface area contributed by atoms with E-state index in [9.17, 15) is 0 Å². The van der Waals surface area contributed by atoms with E-state index in [0.29, 0.717) is 0 Å². The quantitative estimate of drug-likeness (QED) is 0.647. The Morgan fingerprint density at radius 3 is 2.50 bits per heavy atom. The molecule has 0 unspecified atom stereocenters. The lowest BCUT2D eigenvalue weighted by molar-refractivity contribution is 0.771. The molecule has 0 radical (unpaired) electrons. The average Bonchev–Trinajstić information content (AvgIpc) is 2.46. The molecule has 0 saturated heterocycles. The maximum atomic E-state index is 4.68. The number of aromatic nitrogens is 3. The van der Waals surface area contributed by atoms with Crippen LogP contribution in [0, 0.1) is 0 Å². The van der Waals surface area contributed by atoms with Gasteiger partial charge in [0.1, 0.15) is 10.4 Å². The number of nitrogens with zero attached hydrogens (tertiary/aromatic N) is 3. The molecule has 0 atom stereocenters. The molecule has 0 aliphatic carbocycles. The van der Waals surface area contributed by atoms with Gasteiger partial charge in [-0.3, -0.25) is 0 Å². The molecule has 0 N–H and O–H groups in total. The summed E-state index contributed by atoms with van der Waals surface area (Å²) in [5.41, 5.74) is 2.70. The first-order valence-electron chi connectivity index (χ1n) is 6.54. The van der Waals surface area contributed by atoms with E-state index in [-0.39, 0.29) is 5.92 Å². The van der Waals surface area contributed by atoms with Crippen LogP contribution < -0.4 is 0 Å². The number of para-hydroxylation sites is 1. The van der Waals surface area contributed by atoms with Crippen molar-refractivity contribution in [1.82, 2.24) is 15.0 Å². The lowest BCUT2D eigenvalue weighted by atomic mass is 10.1. The number of benzene rings is 1. The topological polar surface area (TPSA) is 38.7 Å². The smallest absolute Gasteiger partial charge is 0.132 e. The summed E-state index contributed by atoms with van der Waals surface area (Å²) in [5.74, 6) is 1.11. The zero-order chi connectivity index (χ0) is 14.1. The highest BCUT2D eigenvalue weighted by Crippen LogP contribution is 2.23. The molecule has 0 saturated carbocycles. The van der Waals surface area contributed by atoms with Gasteiger partial charge in [0, 0.05) is 11.3 Å². The minimum atomic E-state index is 0.284. The van der Waals surface area contributed by atoms with E-state index in [4.69, 9.17) is 0 Å². The molecule has 0 spiro atoms. The number of fused-ring (bicyclic) bond motifs is 1. The fourth-order valence-corrected chi connectivity index (χ4v) is 2.43. The van der Waals surface area contributed by atoms with Crippen molar-refractivity contribution in [2.75, 3.05) is 0 Å². The summed E-state index contributed by atoms with van der Waals surface area (Å²) in [5, 5.41) is 1.13. The Kier molecular flexibility index (Phi) is 3.49. The van der Waals surface area contributed by atoms with E-state index < -0.39 is 0 Å². The summed E-state index contributed by atoms with van der Waals surface area (Å²) >= 11 is 3.45. The Morgan fingerprint density at radius 2 is 1.70 bits per heavy atom. The van der Waals surface area contributed by atoms with Crippen molar-refractivity contribution in [2.45, 2.75) is 19.8 Å². The molecule has 3 rings (SSSR count). The number of halogens is 1. The Balaban J connectivity index is 2.15. The second-order valence-corrected chi connectivity index (χ2v) is 5.79. The van der Waals surface area contributed by atoms with Crippen molar-refractivity contribution in [3.05, 3.63) is 52.9 Å². The standard InChI is InChI=1S/C16H14BrN3/c1-10(2)16-19-14(9-15(17)20-16)13-8-7-11-5-3-4-6-12(11)18-13/h3-10H,1-2H3. The van der Waals surface area contributed by atoms with Crippen LogP contribution in [0.4, 0.5) is 0 Å². The van der Waals surface area contributed by atoms with Crippen LogP contribution in [-0.2, 0) is 0 Å². The molecular formula is C16H14BrN3. The van der Waals surface area contributed by atoms with Gasteiger partial charge < -0.3 is 0 Å². The first-order chi connectivity index (χ1) is 9.63. The van der Waals surface area contributed by atoms with E-state index in [1.54, 1.807) is 0 Å². The molecule has 3 nitrogen and oxygen atoms in total. The van der Waals surface area contributed by atoms with Crippen molar-refractivity contribution in [2.24, 2.45) is 0 Å². The van der Waals surface area contributed by atoms with Crippen LogP contribution in [0.2, 0.25) is 0 Å². The number of rotatable bonds is 2. The van der Waals surface area contributed by atoms with Crippen molar-refractivity contribution in [3.63, 3.8) is 0 Å². The highest BCUT2D eigenvalue weighted by molar-refractivity contribution is 9.10. The summed E-state index contributed by atoms with van der Waals surface area (Å²) in [6, 6.07) is 14.1. The zero-order valence-corrected chi connectivity index (χ0v) is 12.9. The van der Waals surface area contributed by atoms with E-state index in [2.05, 4.69) is 56.9 Å². The molecule has 1 aromatic carbocycles. The molecule has 100 valence electrons. The van der Waals surface area contributed by atoms with Crippen LogP contribution in [0.5, 0.6) is 0 Å². The van der Waals surface area contributed by atoms with E-state index in [1.807, 2.05) is 30.3 Å². The monoisotopic (exact) mass is 327 g/mol. The highest BCUT2D eigenvalue weighted by atomic mass is 79.9. The fourth-order valence-electron chi connectivity index (χ4n) is 2.03. The summed E-state index contributed by atoms with van der Waals surface area (Å²) in [4.78, 5) is 13.7. The second kappa shape index (κ2) is 5.29. The first kappa shape index (κ1) is 13.2. The number of hydrogen-bond acceptors (Lipinski definition) is 3. The Bertz CT molecular complexity index is 769. The van der Waals surface area contributed by atoms with Gasteiger partial charge in [0.15, 0.2) is 0 Å². The van der Waals surface area contributed by atoms with E-state index >= 15 is 0 Å². The van der Waals surface area contributed by atoms with Crippen LogP contribution in [-0.4, -0.2) is 15.0 Å². The Morgan fingerprint density at radius 1 is 0.900 bits per heavy atom. The maximum Gasteiger partial charge on any atom is 0.132 e. The molecule has 0 amide bonds. The van der Waals surface area contributed by atoms with Gasteiger partial charge >= 0.3 is 0 Å². The van der Waals surface area contributed by atoms with Crippen LogP contribution in [0.1, 0.15) is 25.6 Å². The number of hydrogen-bond donors (Lipinski definition) is 0. The highest BCUT2D eigenvalue weighted by Gasteiger charge is 2.09. The lowest BCUT2D eigenvalue weighted by Gasteiger charge is -2.08. The minimum absolute atomic E-state index is 0.284. The van der Waals surface area contributed by atoms with Gasteiger partial charge in [-0.25, -0.2) is 15.0 Å². The molecule has 0 aliphatic rings. The summed E-state index contributed by atoms with van der Waals surface area (Å²) in [7, 11) is 0. The fraction of sp³-hybridized carbons (Fsp3) is 0.188. The zero-order valence-electron chi connectivity index (χ0n) is 11.3. The lowest BCUT2D eigenvalue weighted by Crippen LogP contribution is -2.00. The van der Waals surface area contributed by atoms with Gasteiger partial charge in [-0.1, -0.05) is 38.1 Å². The van der Waals surface area contributed by atoms with Crippen LogP contribution in [0.25, 0.3) is 22.3 Å². The second-order valence-electron chi connectivity index (χ2n) is 4.98. The Labute approximate surface area is 126 Å². The van der Waals surface area contributed by atoms with Crippen LogP contribution >= 0.6 is 15.9 Å². The van der Waals surface area contributed by atoms with Crippen LogP contribution in [0.15, 0.2) is 47.1 Å². The molecule has 4 heteroatoms. The predicted octanol–water partition coefficient (Wildman–Crippen LogP) is 4.58. The third-order valence-corrected chi connectivity index (χ3v) is 3.50. The van der Waals surface area contributed by atoms with Gasteiger partial charge in [0.2, 0.25) is 0 Å². The van der Waals surface area contributed by atoms with Crippen molar-refractivity contribution < 1.29 is 0 Å². The molecule has 2 heterocycles. The average molecular weight is 328 g/mol. The Hall–Kier alpha value is -1.81. The molecule has 0 bridgehead atoms. The molecule has 20 heavy (non-hydrogen) atoms. The molecule has 0 aliphatic heterocycles. The third-order valence-electron chi connectivity index (χ3n) is 3.09. The van der Waals surface area contributed by atoms with E-state index in [0.717, 1.165) is 32.7 Å². The van der Waals surface area contributed by atoms with E-state index in [1.165, 1.54) is 0 Å². The third kappa shape index (κ3) is 2.56. The molecule has 2 aromatic heterocycles. The first-order valence-corrected chi connectivity index (χ1v) is 7.33. The molecule has 3 aromatic rings. The minimum Gasteiger partial charge on any atom is -0.246 e. The van der Waals surface area contributed by atoms with Gasteiger partial charge in [-0.05, 0) is 34.1 Å². The molecular weight excluding hydrogens is 314 g/mol. The normalized spacial score (nSPS) is 11.2. The van der Waals surface area contributed by atoms with Gasteiger partial charge in [-0.15, -0.1) is 0 Å². The predicted molar refractivity (Wildman–Crippen MR) is 84.6 cm³/mol. The van der Waals surface area contributed by atoms with Gasteiger partial charge in [-0.2, -0.15) is 0 Å². The van der Waals surface area contributed by atoms with Crippen molar-refractivity contribution >= 4 is 26.8 Å². The van der Waals surface area contributed by atoms with Crippen LogP contribution in [0.3, 0.4) is 0 Å². The number of pyridine rings is 1. The van der Waals surface area contributed by atoms with Crippen molar-refractivity contribution in [3.8, 4) is 11.4 Å². The molecule has 0 fully saturated rings. The SMILES string of the molecule is CC(C)c1nc(Br)cc(-c2ccc3ccccc3n2)n1. The van der Waals surface area contributed by atoms with Gasteiger partial charge in [0.25, 0.3) is 0 Å². The van der Waals surface area contributed by atoms with Gasteiger partial charge in [0.05, 0.1) is 16.9 Å². The van der Waals surface area contributed by atoms with Crippen molar-refractivity contribution in [1.29, 1.82) is 0 Å².